The van der Waals surface area contributed by atoms with E-state index in [1.54, 1.807) is 45.9 Å². The smallest absolute Gasteiger partial charge is 0.305 e. The minimum Gasteiger partial charge on any atom is -0.305 e. The fraction of sp³-hybridized carbons (Fsp3) is 0.333. The molecule has 1 heterocycles. The number of fused-ring (bicyclic) bond motifs is 1. The van der Waals surface area contributed by atoms with Crippen LogP contribution < -0.4 is 0 Å². The minimum atomic E-state index is -4.31. The van der Waals surface area contributed by atoms with Crippen molar-refractivity contribution in [2.45, 2.75) is 50.1 Å². The van der Waals surface area contributed by atoms with E-state index in [9.17, 15) is 13.0 Å². The highest BCUT2D eigenvalue weighted by molar-refractivity contribution is 7.97. The highest BCUT2D eigenvalue weighted by atomic mass is 32.2. The van der Waals surface area contributed by atoms with Gasteiger partial charge in [-0.1, -0.05) is 36.4 Å². The highest BCUT2D eigenvalue weighted by Crippen LogP contribution is 2.65. The molecule has 0 bridgehead atoms. The molecule has 0 radical (unpaired) electrons. The van der Waals surface area contributed by atoms with Crippen LogP contribution in [0.2, 0.25) is 0 Å². The quantitative estimate of drug-likeness (QED) is 0.347. The van der Waals surface area contributed by atoms with Gasteiger partial charge < -0.3 is 9.05 Å². The molecule has 1 aromatic heterocycles. The molecular weight excluding hydrogens is 423 g/mol. The van der Waals surface area contributed by atoms with Crippen molar-refractivity contribution in [1.29, 1.82) is 0 Å². The molecule has 0 aliphatic rings. The lowest BCUT2D eigenvalue weighted by atomic mass is 10.1. The number of rotatable bonds is 8. The summed E-state index contributed by atoms with van der Waals surface area (Å²) in [6.07, 6.45) is 1.61. The van der Waals surface area contributed by atoms with Crippen LogP contribution in [0.15, 0.2) is 66.1 Å². The number of sulfone groups is 1. The predicted molar refractivity (Wildman–Crippen MR) is 116 cm³/mol. The number of benzene rings is 2. The summed E-state index contributed by atoms with van der Waals surface area (Å²) in [4.78, 5) is 6.19. The third-order valence-electron chi connectivity index (χ3n) is 4.15. The third kappa shape index (κ3) is 4.78. The van der Waals surface area contributed by atoms with Crippen molar-refractivity contribution in [3.63, 3.8) is 0 Å². The molecular formula is C21H25N2O5PS. The Bertz CT molecular complexity index is 1150. The highest BCUT2D eigenvalue weighted by Gasteiger charge is 2.49. The lowest BCUT2D eigenvalue weighted by Gasteiger charge is -2.29. The Morgan fingerprint density at radius 3 is 1.97 bits per heavy atom. The maximum atomic E-state index is 14.0. The summed E-state index contributed by atoms with van der Waals surface area (Å²) >= 11 is 0. The molecule has 30 heavy (non-hydrogen) atoms. The summed E-state index contributed by atoms with van der Waals surface area (Å²) in [6.45, 7) is 6.72. The second-order valence-electron chi connectivity index (χ2n) is 7.38. The van der Waals surface area contributed by atoms with Gasteiger partial charge in [0.2, 0.25) is 15.0 Å². The van der Waals surface area contributed by atoms with Gasteiger partial charge in [-0.2, -0.15) is 0 Å². The van der Waals surface area contributed by atoms with E-state index >= 15 is 0 Å². The minimum absolute atomic E-state index is 0.297. The summed E-state index contributed by atoms with van der Waals surface area (Å²) < 4.78 is 52.6. The zero-order chi connectivity index (χ0) is 21.9. The van der Waals surface area contributed by atoms with E-state index in [1.807, 2.05) is 24.3 Å². The van der Waals surface area contributed by atoms with E-state index in [2.05, 4.69) is 9.97 Å². The van der Waals surface area contributed by atoms with E-state index in [1.165, 1.54) is 18.5 Å². The monoisotopic (exact) mass is 448 g/mol. The Balaban J connectivity index is 2.28. The first-order valence-corrected chi connectivity index (χ1v) is 12.8. The van der Waals surface area contributed by atoms with Crippen molar-refractivity contribution in [2.24, 2.45) is 0 Å². The second-order valence-corrected chi connectivity index (χ2v) is 11.7. The van der Waals surface area contributed by atoms with E-state index in [4.69, 9.17) is 9.05 Å². The summed E-state index contributed by atoms with van der Waals surface area (Å²) in [5, 5.41) is 1.31. The topological polar surface area (TPSA) is 95.5 Å². The molecule has 1 atom stereocenters. The van der Waals surface area contributed by atoms with Crippen molar-refractivity contribution >= 4 is 28.2 Å². The molecule has 0 saturated carbocycles. The van der Waals surface area contributed by atoms with Gasteiger partial charge in [-0.25, -0.2) is 18.4 Å². The van der Waals surface area contributed by atoms with Crippen LogP contribution >= 0.6 is 7.60 Å². The van der Waals surface area contributed by atoms with Crippen LogP contribution in [0.1, 0.15) is 38.2 Å². The van der Waals surface area contributed by atoms with Crippen LogP contribution in [0.4, 0.5) is 0 Å². The van der Waals surface area contributed by atoms with Crippen LogP contribution in [0.5, 0.6) is 0 Å². The number of nitrogens with zero attached hydrogens (tertiary/aromatic N) is 2. The fourth-order valence-electron chi connectivity index (χ4n) is 3.15. The van der Waals surface area contributed by atoms with Crippen LogP contribution in [-0.2, 0) is 23.4 Å². The molecule has 3 rings (SSSR count). The number of hydrogen-bond donors (Lipinski definition) is 0. The Hall–Kier alpha value is -2.12. The molecule has 0 amide bonds. The molecule has 9 heteroatoms. The average Bonchev–Trinajstić information content (AvgIpc) is 2.67. The Morgan fingerprint density at radius 2 is 1.40 bits per heavy atom. The molecule has 0 N–H and O–H groups in total. The average molecular weight is 448 g/mol. The summed E-state index contributed by atoms with van der Waals surface area (Å²) in [7, 11) is -8.50. The zero-order valence-corrected chi connectivity index (χ0v) is 19.0. The Labute approximate surface area is 176 Å². The predicted octanol–water partition coefficient (Wildman–Crippen LogP) is 5.15. The van der Waals surface area contributed by atoms with Crippen LogP contribution in [0, 0.1) is 0 Å². The molecule has 1 unspecified atom stereocenters. The third-order valence-corrected chi connectivity index (χ3v) is 9.64. The van der Waals surface area contributed by atoms with Gasteiger partial charge in [0.25, 0.3) is 0 Å². The molecule has 160 valence electrons. The van der Waals surface area contributed by atoms with Gasteiger partial charge in [0.05, 0.1) is 12.2 Å². The Kier molecular flexibility index (Phi) is 6.72. The van der Waals surface area contributed by atoms with Gasteiger partial charge in [-0.3, -0.25) is 4.57 Å². The Morgan fingerprint density at radius 1 is 0.833 bits per heavy atom. The van der Waals surface area contributed by atoms with Gasteiger partial charge in [0.1, 0.15) is 0 Å². The van der Waals surface area contributed by atoms with E-state index in [0.29, 0.717) is 5.56 Å². The van der Waals surface area contributed by atoms with Gasteiger partial charge in [-0.05, 0) is 56.2 Å². The largest absolute Gasteiger partial charge is 0.354 e. The normalized spacial score (nSPS) is 13.8. The first kappa shape index (κ1) is 22.6. The molecule has 0 saturated heterocycles. The first-order chi connectivity index (χ1) is 14.1. The molecule has 3 aromatic rings. The zero-order valence-electron chi connectivity index (χ0n) is 17.3. The van der Waals surface area contributed by atoms with Gasteiger partial charge in [0.15, 0.2) is 4.99 Å². The lowest BCUT2D eigenvalue weighted by molar-refractivity contribution is 0.140. The molecule has 0 aliphatic heterocycles. The standard InChI is InChI=1S/C21H25N2O5PS/c1-15(2)27-29(24,28-16(3)4)20(30(25,26)21-22-12-7-13-23-21)19-11-10-17-8-5-6-9-18(17)14-19/h5-16,20H,1-4H3. The van der Waals surface area contributed by atoms with E-state index < -0.39 is 39.8 Å². The van der Waals surface area contributed by atoms with Gasteiger partial charge in [0, 0.05) is 12.4 Å². The number of aromatic nitrogens is 2. The maximum Gasteiger partial charge on any atom is 0.354 e. The molecule has 0 fully saturated rings. The van der Waals surface area contributed by atoms with Crippen molar-refractivity contribution in [3.8, 4) is 0 Å². The second kappa shape index (κ2) is 8.94. The van der Waals surface area contributed by atoms with Crippen molar-refractivity contribution < 1.29 is 22.0 Å². The van der Waals surface area contributed by atoms with Crippen molar-refractivity contribution in [1.82, 2.24) is 9.97 Å². The summed E-state index contributed by atoms with van der Waals surface area (Å²) in [5.74, 6) is 0. The van der Waals surface area contributed by atoms with Gasteiger partial charge in [-0.15, -0.1) is 0 Å². The maximum absolute atomic E-state index is 14.0. The van der Waals surface area contributed by atoms with Crippen LogP contribution in [0.25, 0.3) is 10.8 Å². The first-order valence-electron chi connectivity index (χ1n) is 9.59. The molecule has 2 aromatic carbocycles. The van der Waals surface area contributed by atoms with Crippen LogP contribution in [-0.4, -0.2) is 30.6 Å². The fourth-order valence-corrected chi connectivity index (χ4v) is 8.18. The van der Waals surface area contributed by atoms with E-state index in [-0.39, 0.29) is 0 Å². The SMILES string of the molecule is CC(C)OP(=O)(OC(C)C)C(c1ccc2ccccc2c1)S(=O)(=O)c1ncccn1. The van der Waals surface area contributed by atoms with Crippen molar-refractivity contribution in [2.75, 3.05) is 0 Å². The van der Waals surface area contributed by atoms with Crippen molar-refractivity contribution in [3.05, 3.63) is 66.5 Å². The number of hydrogen-bond acceptors (Lipinski definition) is 7. The molecule has 0 spiro atoms. The summed E-state index contributed by atoms with van der Waals surface area (Å²) in [6, 6.07) is 14.1. The van der Waals surface area contributed by atoms with Crippen LogP contribution in [0.3, 0.4) is 0 Å². The lowest BCUT2D eigenvalue weighted by Crippen LogP contribution is -2.22. The summed E-state index contributed by atoms with van der Waals surface area (Å²) in [5.41, 5.74) is 0.297. The molecule has 0 aliphatic carbocycles. The van der Waals surface area contributed by atoms with Gasteiger partial charge >= 0.3 is 7.60 Å². The van der Waals surface area contributed by atoms with E-state index in [0.717, 1.165) is 10.8 Å². The molecule has 7 nitrogen and oxygen atoms in total.